The zero-order chi connectivity index (χ0) is 17.5. The Morgan fingerprint density at radius 3 is 2.58 bits per heavy atom. The van der Waals surface area contributed by atoms with Crippen LogP contribution in [-0.2, 0) is 16.1 Å². The van der Waals surface area contributed by atoms with Gasteiger partial charge in [0.15, 0.2) is 0 Å². The summed E-state index contributed by atoms with van der Waals surface area (Å²) in [6, 6.07) is 4.75. The number of rotatable bonds is 8. The maximum atomic E-state index is 12.4. The topological polar surface area (TPSA) is 103 Å². The number of cyclic esters (lactones) is 1. The molecule has 0 unspecified atom stereocenters. The lowest BCUT2D eigenvalue weighted by Crippen LogP contribution is -2.46. The molecular weight excluding hydrogens is 314 g/mol. The maximum Gasteiger partial charge on any atom is 0.410 e. The number of hydrogen-bond donors (Lipinski definition) is 2. The van der Waals surface area contributed by atoms with Gasteiger partial charge in [0.1, 0.15) is 24.1 Å². The Morgan fingerprint density at radius 2 is 2.00 bits per heavy atom. The van der Waals surface area contributed by atoms with E-state index in [9.17, 15) is 9.59 Å². The van der Waals surface area contributed by atoms with Crippen molar-refractivity contribution in [2.24, 2.45) is 5.73 Å². The summed E-state index contributed by atoms with van der Waals surface area (Å²) in [6.45, 7) is 1.20. The van der Waals surface area contributed by atoms with E-state index in [4.69, 9.17) is 19.9 Å². The Kier molecular flexibility index (Phi) is 6.25. The van der Waals surface area contributed by atoms with Crippen LogP contribution in [0.4, 0.5) is 4.79 Å². The van der Waals surface area contributed by atoms with Crippen LogP contribution in [0.3, 0.4) is 0 Å². The van der Waals surface area contributed by atoms with Crippen LogP contribution in [0, 0.1) is 0 Å². The molecule has 1 aliphatic rings. The summed E-state index contributed by atoms with van der Waals surface area (Å²) in [5, 5.41) is 2.82. The molecule has 2 amide bonds. The lowest BCUT2D eigenvalue weighted by Gasteiger charge is -2.20. The third-order valence-corrected chi connectivity index (χ3v) is 3.76. The minimum Gasteiger partial charge on any atom is -0.497 e. The average molecular weight is 337 g/mol. The van der Waals surface area contributed by atoms with Crippen LogP contribution < -0.4 is 20.5 Å². The smallest absolute Gasteiger partial charge is 0.410 e. The van der Waals surface area contributed by atoms with Gasteiger partial charge in [-0.25, -0.2) is 4.79 Å². The molecule has 2 rings (SSSR count). The summed E-state index contributed by atoms with van der Waals surface area (Å²) in [7, 11) is 3.13. The molecule has 8 heteroatoms. The van der Waals surface area contributed by atoms with Gasteiger partial charge in [0.2, 0.25) is 5.91 Å². The van der Waals surface area contributed by atoms with E-state index in [2.05, 4.69) is 5.32 Å². The number of nitrogens with two attached hydrogens (primary N) is 1. The van der Waals surface area contributed by atoms with Crippen molar-refractivity contribution >= 4 is 12.0 Å². The lowest BCUT2D eigenvalue weighted by molar-refractivity contribution is -0.125. The SMILES string of the molecule is COc1cc(CNC(=O)[C@@H]2COC(=O)N2CCCN)cc(OC)c1. The molecule has 0 bridgehead atoms. The highest BCUT2D eigenvalue weighted by molar-refractivity contribution is 5.87. The molecule has 1 atom stereocenters. The van der Waals surface area contributed by atoms with Gasteiger partial charge in [-0.15, -0.1) is 0 Å². The number of amides is 2. The van der Waals surface area contributed by atoms with Crippen molar-refractivity contribution in [1.82, 2.24) is 10.2 Å². The fourth-order valence-electron chi connectivity index (χ4n) is 2.45. The molecular formula is C16H23N3O5. The number of nitrogens with zero attached hydrogens (tertiary/aromatic N) is 1. The highest BCUT2D eigenvalue weighted by atomic mass is 16.6. The summed E-state index contributed by atoms with van der Waals surface area (Å²) >= 11 is 0. The Hall–Kier alpha value is -2.48. The van der Waals surface area contributed by atoms with Gasteiger partial charge < -0.3 is 25.3 Å². The predicted octanol–water partition coefficient (Wildman–Crippen LogP) is 0.490. The van der Waals surface area contributed by atoms with Crippen molar-refractivity contribution in [3.05, 3.63) is 23.8 Å². The third-order valence-electron chi connectivity index (χ3n) is 3.76. The van der Waals surface area contributed by atoms with Crippen molar-refractivity contribution in [3.8, 4) is 11.5 Å². The van der Waals surface area contributed by atoms with Gasteiger partial charge in [-0.3, -0.25) is 9.69 Å². The first kappa shape index (κ1) is 17.9. The first-order chi connectivity index (χ1) is 11.6. The molecule has 0 radical (unpaired) electrons. The van der Waals surface area contributed by atoms with Gasteiger partial charge >= 0.3 is 6.09 Å². The minimum atomic E-state index is -0.628. The summed E-state index contributed by atoms with van der Waals surface area (Å²) in [5.41, 5.74) is 6.29. The van der Waals surface area contributed by atoms with Crippen LogP contribution in [-0.4, -0.2) is 56.9 Å². The second kappa shape index (κ2) is 8.39. The molecule has 1 heterocycles. The van der Waals surface area contributed by atoms with E-state index in [1.807, 2.05) is 12.1 Å². The van der Waals surface area contributed by atoms with E-state index in [1.54, 1.807) is 20.3 Å². The Bertz CT molecular complexity index is 571. The normalized spacial score (nSPS) is 16.7. The van der Waals surface area contributed by atoms with Gasteiger partial charge in [0, 0.05) is 19.2 Å². The van der Waals surface area contributed by atoms with Crippen LogP contribution in [0.15, 0.2) is 18.2 Å². The standard InChI is InChI=1S/C16H23N3O5/c1-22-12-6-11(7-13(8-12)23-2)9-18-15(20)14-10-24-16(21)19(14)5-3-4-17/h6-8,14H,3-5,9-10,17H2,1-2H3,(H,18,20)/t14-/m0/s1. The van der Waals surface area contributed by atoms with Crippen molar-refractivity contribution in [3.63, 3.8) is 0 Å². The molecule has 3 N–H and O–H groups in total. The Balaban J connectivity index is 1.98. The van der Waals surface area contributed by atoms with Crippen LogP contribution in [0.1, 0.15) is 12.0 Å². The van der Waals surface area contributed by atoms with Crippen LogP contribution in [0.2, 0.25) is 0 Å². The predicted molar refractivity (Wildman–Crippen MR) is 86.9 cm³/mol. The molecule has 0 spiro atoms. The summed E-state index contributed by atoms with van der Waals surface area (Å²) in [5.74, 6) is 1.02. The zero-order valence-corrected chi connectivity index (χ0v) is 13.9. The monoisotopic (exact) mass is 337 g/mol. The maximum absolute atomic E-state index is 12.4. The van der Waals surface area contributed by atoms with Crippen molar-refractivity contribution < 1.29 is 23.8 Å². The first-order valence-corrected chi connectivity index (χ1v) is 7.72. The summed E-state index contributed by atoms with van der Waals surface area (Å²) < 4.78 is 15.4. The van der Waals surface area contributed by atoms with Gasteiger partial charge in [0.05, 0.1) is 14.2 Å². The molecule has 0 aromatic heterocycles. The molecule has 1 fully saturated rings. The largest absolute Gasteiger partial charge is 0.497 e. The molecule has 1 aromatic carbocycles. The first-order valence-electron chi connectivity index (χ1n) is 7.72. The Labute approximate surface area is 140 Å². The van der Waals surface area contributed by atoms with Crippen molar-refractivity contribution in [2.45, 2.75) is 19.0 Å². The molecule has 8 nitrogen and oxygen atoms in total. The van der Waals surface area contributed by atoms with E-state index >= 15 is 0 Å². The molecule has 0 aliphatic carbocycles. The van der Waals surface area contributed by atoms with E-state index in [0.717, 1.165) is 5.56 Å². The zero-order valence-electron chi connectivity index (χ0n) is 13.9. The minimum absolute atomic E-state index is 0.0523. The fourth-order valence-corrected chi connectivity index (χ4v) is 2.45. The quantitative estimate of drug-likeness (QED) is 0.716. The van der Waals surface area contributed by atoms with Crippen LogP contribution in [0.5, 0.6) is 11.5 Å². The second-order valence-electron chi connectivity index (χ2n) is 5.37. The number of carbonyl (C=O) groups is 2. The van der Waals surface area contributed by atoms with E-state index in [1.165, 1.54) is 4.90 Å². The fraction of sp³-hybridized carbons (Fsp3) is 0.500. The van der Waals surface area contributed by atoms with Crippen LogP contribution in [0.25, 0.3) is 0 Å². The molecule has 1 aromatic rings. The molecule has 1 saturated heterocycles. The number of hydrogen-bond acceptors (Lipinski definition) is 6. The van der Waals surface area contributed by atoms with Gasteiger partial charge in [-0.1, -0.05) is 0 Å². The third kappa shape index (κ3) is 4.29. The molecule has 0 saturated carbocycles. The summed E-state index contributed by atoms with van der Waals surface area (Å²) in [6.07, 6.45) is 0.137. The summed E-state index contributed by atoms with van der Waals surface area (Å²) in [4.78, 5) is 25.5. The highest BCUT2D eigenvalue weighted by Gasteiger charge is 2.37. The second-order valence-corrected chi connectivity index (χ2v) is 5.37. The number of benzene rings is 1. The van der Waals surface area contributed by atoms with Gasteiger partial charge in [-0.05, 0) is 30.7 Å². The molecule has 132 valence electrons. The average Bonchev–Trinajstić information content (AvgIpc) is 2.98. The number of methoxy groups -OCH3 is 2. The van der Waals surface area contributed by atoms with Crippen LogP contribution >= 0.6 is 0 Å². The van der Waals surface area contributed by atoms with E-state index in [-0.39, 0.29) is 12.5 Å². The van der Waals surface area contributed by atoms with Gasteiger partial charge in [0.25, 0.3) is 0 Å². The molecule has 1 aliphatic heterocycles. The van der Waals surface area contributed by atoms with E-state index in [0.29, 0.717) is 37.6 Å². The number of ether oxygens (including phenoxy) is 3. The molecule has 24 heavy (non-hydrogen) atoms. The van der Waals surface area contributed by atoms with Crippen molar-refractivity contribution in [2.75, 3.05) is 33.9 Å². The number of carbonyl (C=O) groups excluding carboxylic acids is 2. The lowest BCUT2D eigenvalue weighted by atomic mass is 10.2. The number of nitrogens with one attached hydrogen (secondary N) is 1. The Morgan fingerprint density at radius 1 is 1.33 bits per heavy atom. The van der Waals surface area contributed by atoms with Crippen molar-refractivity contribution in [1.29, 1.82) is 0 Å². The highest BCUT2D eigenvalue weighted by Crippen LogP contribution is 2.22. The van der Waals surface area contributed by atoms with Gasteiger partial charge in [-0.2, -0.15) is 0 Å². The van der Waals surface area contributed by atoms with E-state index < -0.39 is 12.1 Å².